The molecule has 4 nitrogen and oxygen atoms in total. The largest absolute Gasteiger partial charge is 0.493 e. The summed E-state index contributed by atoms with van der Waals surface area (Å²) >= 11 is 0. The predicted molar refractivity (Wildman–Crippen MR) is 83.4 cm³/mol. The zero-order valence-electron chi connectivity index (χ0n) is 12.9. The first-order valence-corrected chi connectivity index (χ1v) is 7.53. The number of hydrogen-bond acceptors (Lipinski definition) is 3. The third-order valence-electron chi connectivity index (χ3n) is 3.97. The highest BCUT2D eigenvalue weighted by atomic mass is 16.5. The molecule has 4 heteroatoms. The van der Waals surface area contributed by atoms with Gasteiger partial charge in [0.2, 0.25) is 0 Å². The predicted octanol–water partition coefficient (Wildman–Crippen LogP) is 3.32. The van der Waals surface area contributed by atoms with Crippen LogP contribution in [0.25, 0.3) is 0 Å². The van der Waals surface area contributed by atoms with Gasteiger partial charge in [-0.1, -0.05) is 39.0 Å². The number of H-pyrrole nitrogens is 1. The average Bonchev–Trinajstić information content (AvgIpc) is 2.93. The summed E-state index contributed by atoms with van der Waals surface area (Å²) in [5, 5.41) is 11.0. The molecule has 0 saturated heterocycles. The zero-order chi connectivity index (χ0) is 14.9. The number of fused-ring (bicyclic) bond motifs is 1. The summed E-state index contributed by atoms with van der Waals surface area (Å²) in [6.45, 7) is 8.20. The molecule has 1 aromatic carbocycles. The molecule has 2 aromatic rings. The molecule has 1 atom stereocenters. The van der Waals surface area contributed by atoms with Crippen molar-refractivity contribution in [1.29, 1.82) is 0 Å². The molecule has 0 spiro atoms. The Labute approximate surface area is 125 Å². The first kappa shape index (κ1) is 14.1. The van der Waals surface area contributed by atoms with Gasteiger partial charge < -0.3 is 10.1 Å². The Balaban J connectivity index is 1.74. The van der Waals surface area contributed by atoms with Crippen LogP contribution in [0.4, 0.5) is 0 Å². The number of nitrogens with one attached hydrogen (secondary N) is 2. The molecular formula is C17H23N3O. The summed E-state index contributed by atoms with van der Waals surface area (Å²) < 4.78 is 5.71. The van der Waals surface area contributed by atoms with Crippen molar-refractivity contribution in [2.45, 2.75) is 45.2 Å². The number of nitrogens with zero attached hydrogens (tertiary/aromatic N) is 1. The second-order valence-corrected chi connectivity index (χ2v) is 6.63. The monoisotopic (exact) mass is 285 g/mol. The molecule has 0 radical (unpaired) electrons. The fourth-order valence-electron chi connectivity index (χ4n) is 2.88. The van der Waals surface area contributed by atoms with Crippen molar-refractivity contribution in [2.24, 2.45) is 0 Å². The van der Waals surface area contributed by atoms with E-state index in [-0.39, 0.29) is 5.41 Å². The molecule has 3 rings (SSSR count). The van der Waals surface area contributed by atoms with Gasteiger partial charge in [-0.2, -0.15) is 5.10 Å². The maximum atomic E-state index is 5.71. The van der Waals surface area contributed by atoms with E-state index in [0.717, 1.165) is 25.3 Å². The smallest absolute Gasteiger partial charge is 0.124 e. The summed E-state index contributed by atoms with van der Waals surface area (Å²) in [7, 11) is 0. The van der Waals surface area contributed by atoms with Crippen molar-refractivity contribution < 1.29 is 4.74 Å². The van der Waals surface area contributed by atoms with Gasteiger partial charge in [-0.3, -0.25) is 5.10 Å². The van der Waals surface area contributed by atoms with Gasteiger partial charge in [0.05, 0.1) is 12.8 Å². The number of ether oxygens (including phenoxy) is 1. The van der Waals surface area contributed by atoms with Crippen LogP contribution in [0.1, 0.15) is 50.1 Å². The van der Waals surface area contributed by atoms with Gasteiger partial charge in [-0.05, 0) is 6.07 Å². The molecule has 1 aliphatic rings. The summed E-state index contributed by atoms with van der Waals surface area (Å²) in [6.07, 6.45) is 2.93. The van der Waals surface area contributed by atoms with Crippen LogP contribution in [0, 0.1) is 0 Å². The maximum absolute atomic E-state index is 5.71. The standard InChI is InChI=1S/C17H23N3O/c1-17(2,3)16-12(11-19-20-16)10-18-14-8-9-21-15-7-5-4-6-13(14)15/h4-7,11,14,18H,8-10H2,1-3H3,(H,19,20). The van der Waals surface area contributed by atoms with E-state index in [1.807, 2.05) is 18.3 Å². The maximum Gasteiger partial charge on any atom is 0.124 e. The average molecular weight is 285 g/mol. The van der Waals surface area contributed by atoms with Crippen LogP contribution in [0.2, 0.25) is 0 Å². The van der Waals surface area contributed by atoms with E-state index in [1.165, 1.54) is 16.8 Å². The fourth-order valence-corrected chi connectivity index (χ4v) is 2.88. The van der Waals surface area contributed by atoms with Crippen LogP contribution in [0.3, 0.4) is 0 Å². The van der Waals surface area contributed by atoms with Crippen molar-refractivity contribution >= 4 is 0 Å². The molecule has 2 heterocycles. The van der Waals surface area contributed by atoms with E-state index < -0.39 is 0 Å². The third kappa shape index (κ3) is 2.95. The van der Waals surface area contributed by atoms with E-state index in [2.05, 4.69) is 48.4 Å². The normalized spacial score (nSPS) is 18.1. The van der Waals surface area contributed by atoms with Crippen molar-refractivity contribution in [1.82, 2.24) is 15.5 Å². The van der Waals surface area contributed by atoms with Gasteiger partial charge in [0.1, 0.15) is 5.75 Å². The number of rotatable bonds is 3. The van der Waals surface area contributed by atoms with Crippen molar-refractivity contribution in [3.8, 4) is 5.75 Å². The molecule has 0 saturated carbocycles. The highest BCUT2D eigenvalue weighted by molar-refractivity contribution is 5.37. The van der Waals surface area contributed by atoms with Gasteiger partial charge >= 0.3 is 0 Å². The molecule has 0 bridgehead atoms. The van der Waals surface area contributed by atoms with Gasteiger partial charge in [-0.15, -0.1) is 0 Å². The van der Waals surface area contributed by atoms with Gasteiger partial charge in [0.25, 0.3) is 0 Å². The zero-order valence-corrected chi connectivity index (χ0v) is 12.9. The fraction of sp³-hybridized carbons (Fsp3) is 0.471. The Morgan fingerprint density at radius 2 is 2.14 bits per heavy atom. The highest BCUT2D eigenvalue weighted by Gasteiger charge is 2.23. The Morgan fingerprint density at radius 1 is 1.33 bits per heavy atom. The first-order valence-electron chi connectivity index (χ1n) is 7.53. The minimum absolute atomic E-state index is 0.0844. The number of para-hydroxylation sites is 1. The summed E-state index contributed by atoms with van der Waals surface area (Å²) in [5.74, 6) is 1.00. The lowest BCUT2D eigenvalue weighted by atomic mass is 9.89. The van der Waals surface area contributed by atoms with E-state index in [4.69, 9.17) is 4.74 Å². The topological polar surface area (TPSA) is 49.9 Å². The highest BCUT2D eigenvalue weighted by Crippen LogP contribution is 2.32. The molecule has 0 aliphatic carbocycles. The second kappa shape index (κ2) is 5.53. The lowest BCUT2D eigenvalue weighted by Crippen LogP contribution is -2.27. The van der Waals surface area contributed by atoms with E-state index in [1.54, 1.807) is 0 Å². The Kier molecular flexibility index (Phi) is 3.72. The molecule has 21 heavy (non-hydrogen) atoms. The Morgan fingerprint density at radius 3 is 2.95 bits per heavy atom. The van der Waals surface area contributed by atoms with Gasteiger partial charge in [-0.25, -0.2) is 0 Å². The lowest BCUT2D eigenvalue weighted by Gasteiger charge is -2.27. The number of hydrogen-bond donors (Lipinski definition) is 2. The minimum atomic E-state index is 0.0844. The minimum Gasteiger partial charge on any atom is -0.493 e. The molecule has 0 amide bonds. The number of aromatic amines is 1. The van der Waals surface area contributed by atoms with E-state index >= 15 is 0 Å². The second-order valence-electron chi connectivity index (χ2n) is 6.63. The van der Waals surface area contributed by atoms with Crippen LogP contribution in [0.15, 0.2) is 30.5 Å². The van der Waals surface area contributed by atoms with Crippen LogP contribution >= 0.6 is 0 Å². The van der Waals surface area contributed by atoms with Crippen LogP contribution in [-0.2, 0) is 12.0 Å². The SMILES string of the molecule is CC(C)(C)c1[nH]ncc1CNC1CCOc2ccccc21. The first-order chi connectivity index (χ1) is 10.1. The summed E-state index contributed by atoms with van der Waals surface area (Å²) in [6, 6.07) is 8.63. The molecule has 1 aromatic heterocycles. The number of benzene rings is 1. The Hall–Kier alpha value is -1.81. The van der Waals surface area contributed by atoms with Crippen molar-refractivity contribution in [2.75, 3.05) is 6.61 Å². The van der Waals surface area contributed by atoms with Crippen LogP contribution < -0.4 is 10.1 Å². The quantitative estimate of drug-likeness (QED) is 0.909. The van der Waals surface area contributed by atoms with E-state index in [9.17, 15) is 0 Å². The third-order valence-corrected chi connectivity index (χ3v) is 3.97. The molecule has 1 unspecified atom stereocenters. The van der Waals surface area contributed by atoms with Crippen LogP contribution in [0.5, 0.6) is 5.75 Å². The summed E-state index contributed by atoms with van der Waals surface area (Å²) in [5.41, 5.74) is 3.78. The molecule has 0 fully saturated rings. The Bertz CT molecular complexity index is 612. The lowest BCUT2D eigenvalue weighted by molar-refractivity contribution is 0.252. The molecule has 112 valence electrons. The van der Waals surface area contributed by atoms with Gasteiger partial charge in [0, 0.05) is 41.2 Å². The van der Waals surface area contributed by atoms with E-state index in [0.29, 0.717) is 6.04 Å². The van der Waals surface area contributed by atoms with Crippen molar-refractivity contribution in [3.63, 3.8) is 0 Å². The summed E-state index contributed by atoms with van der Waals surface area (Å²) in [4.78, 5) is 0. The molecular weight excluding hydrogens is 262 g/mol. The molecule has 1 aliphatic heterocycles. The molecule has 2 N–H and O–H groups in total. The van der Waals surface area contributed by atoms with Crippen LogP contribution in [-0.4, -0.2) is 16.8 Å². The number of aromatic nitrogens is 2. The van der Waals surface area contributed by atoms with Crippen molar-refractivity contribution in [3.05, 3.63) is 47.3 Å². The van der Waals surface area contributed by atoms with Gasteiger partial charge in [0.15, 0.2) is 0 Å².